The summed E-state index contributed by atoms with van der Waals surface area (Å²) in [7, 11) is 0. The molecule has 1 fully saturated rings. The van der Waals surface area contributed by atoms with Crippen molar-refractivity contribution in [3.63, 3.8) is 0 Å². The number of nitrogens with zero attached hydrogens (tertiary/aromatic N) is 2. The Bertz CT molecular complexity index is 591. The zero-order valence-corrected chi connectivity index (χ0v) is 12.4. The standard InChI is InChI=1S/C14H18BrN3/c1-14(2,16)8-13-17-11-7-9(15)3-6-12(11)18(13)10-4-5-10/h3,6-7,10H,4-5,8,16H2,1-2H3. The summed E-state index contributed by atoms with van der Waals surface area (Å²) >= 11 is 3.51. The van der Waals surface area contributed by atoms with Crippen molar-refractivity contribution in [1.82, 2.24) is 9.55 Å². The molecule has 96 valence electrons. The number of hydrogen-bond acceptors (Lipinski definition) is 2. The van der Waals surface area contributed by atoms with Gasteiger partial charge in [0.1, 0.15) is 5.82 Å². The van der Waals surface area contributed by atoms with Gasteiger partial charge in [0, 0.05) is 22.5 Å². The van der Waals surface area contributed by atoms with Crippen molar-refractivity contribution in [2.24, 2.45) is 5.73 Å². The fourth-order valence-corrected chi connectivity index (χ4v) is 2.74. The van der Waals surface area contributed by atoms with E-state index in [1.54, 1.807) is 0 Å². The quantitative estimate of drug-likeness (QED) is 0.944. The van der Waals surface area contributed by atoms with Crippen LogP contribution in [-0.2, 0) is 6.42 Å². The number of benzene rings is 1. The second-order valence-corrected chi connectivity index (χ2v) is 6.84. The van der Waals surface area contributed by atoms with E-state index in [1.807, 2.05) is 0 Å². The molecule has 2 N–H and O–H groups in total. The summed E-state index contributed by atoms with van der Waals surface area (Å²) in [6.07, 6.45) is 3.34. The van der Waals surface area contributed by atoms with Crippen LogP contribution in [0.3, 0.4) is 0 Å². The molecule has 0 radical (unpaired) electrons. The van der Waals surface area contributed by atoms with Gasteiger partial charge >= 0.3 is 0 Å². The number of rotatable bonds is 3. The zero-order valence-electron chi connectivity index (χ0n) is 10.8. The van der Waals surface area contributed by atoms with Gasteiger partial charge < -0.3 is 10.3 Å². The average Bonchev–Trinajstić information content (AvgIpc) is 2.99. The van der Waals surface area contributed by atoms with E-state index >= 15 is 0 Å². The Balaban J connectivity index is 2.14. The van der Waals surface area contributed by atoms with Gasteiger partial charge in [-0.05, 0) is 44.9 Å². The van der Waals surface area contributed by atoms with Crippen LogP contribution in [0.1, 0.15) is 38.6 Å². The summed E-state index contributed by atoms with van der Waals surface area (Å²) in [5.41, 5.74) is 8.23. The summed E-state index contributed by atoms with van der Waals surface area (Å²) in [6.45, 7) is 4.11. The van der Waals surface area contributed by atoms with Crippen LogP contribution in [0, 0.1) is 0 Å². The van der Waals surface area contributed by atoms with Crippen LogP contribution in [0.2, 0.25) is 0 Å². The van der Waals surface area contributed by atoms with Crippen molar-refractivity contribution >= 4 is 27.0 Å². The number of nitrogens with two attached hydrogens (primary N) is 1. The minimum Gasteiger partial charge on any atom is -0.325 e. The summed E-state index contributed by atoms with van der Waals surface area (Å²) in [5.74, 6) is 1.12. The summed E-state index contributed by atoms with van der Waals surface area (Å²) in [6, 6.07) is 6.95. The molecule has 0 bridgehead atoms. The Morgan fingerprint density at radius 2 is 2.17 bits per heavy atom. The maximum absolute atomic E-state index is 6.15. The molecule has 1 saturated carbocycles. The van der Waals surface area contributed by atoms with E-state index in [4.69, 9.17) is 10.7 Å². The van der Waals surface area contributed by atoms with Crippen LogP contribution in [-0.4, -0.2) is 15.1 Å². The third-order valence-electron chi connectivity index (χ3n) is 3.25. The first-order valence-corrected chi connectivity index (χ1v) is 7.18. The van der Waals surface area contributed by atoms with Gasteiger partial charge in [0.15, 0.2) is 0 Å². The van der Waals surface area contributed by atoms with Gasteiger partial charge in [0.2, 0.25) is 0 Å². The predicted octanol–water partition coefficient (Wildman–Crippen LogP) is 3.41. The molecule has 18 heavy (non-hydrogen) atoms. The number of hydrogen-bond donors (Lipinski definition) is 1. The minimum absolute atomic E-state index is 0.217. The highest BCUT2D eigenvalue weighted by Crippen LogP contribution is 2.39. The highest BCUT2D eigenvalue weighted by Gasteiger charge is 2.29. The maximum atomic E-state index is 6.15. The Morgan fingerprint density at radius 3 is 2.78 bits per heavy atom. The molecular formula is C14H18BrN3. The molecule has 2 aromatic rings. The molecule has 1 aromatic heterocycles. The molecule has 3 nitrogen and oxygen atoms in total. The third-order valence-corrected chi connectivity index (χ3v) is 3.74. The number of aromatic nitrogens is 2. The lowest BCUT2D eigenvalue weighted by Gasteiger charge is -2.18. The first-order valence-electron chi connectivity index (χ1n) is 6.39. The molecule has 0 aliphatic heterocycles. The average molecular weight is 308 g/mol. The van der Waals surface area contributed by atoms with Crippen LogP contribution < -0.4 is 5.73 Å². The molecule has 1 aromatic carbocycles. The second-order valence-electron chi connectivity index (χ2n) is 5.93. The van der Waals surface area contributed by atoms with E-state index < -0.39 is 0 Å². The van der Waals surface area contributed by atoms with Crippen LogP contribution in [0.5, 0.6) is 0 Å². The van der Waals surface area contributed by atoms with E-state index in [0.717, 1.165) is 22.2 Å². The van der Waals surface area contributed by atoms with E-state index in [9.17, 15) is 0 Å². The van der Waals surface area contributed by atoms with E-state index in [1.165, 1.54) is 18.4 Å². The summed E-state index contributed by atoms with van der Waals surface area (Å²) in [4.78, 5) is 4.77. The molecule has 4 heteroatoms. The number of imidazole rings is 1. The molecule has 3 rings (SSSR count). The van der Waals surface area contributed by atoms with Crippen molar-refractivity contribution < 1.29 is 0 Å². The van der Waals surface area contributed by atoms with Crippen molar-refractivity contribution in [1.29, 1.82) is 0 Å². The molecule has 1 aliphatic rings. The SMILES string of the molecule is CC(C)(N)Cc1nc2cc(Br)ccc2n1C1CC1. The number of fused-ring (bicyclic) bond motifs is 1. The lowest BCUT2D eigenvalue weighted by Crippen LogP contribution is -2.35. The summed E-state index contributed by atoms with van der Waals surface area (Å²) < 4.78 is 3.46. The van der Waals surface area contributed by atoms with Crippen molar-refractivity contribution in [2.75, 3.05) is 0 Å². The van der Waals surface area contributed by atoms with Crippen molar-refractivity contribution in [3.8, 4) is 0 Å². The van der Waals surface area contributed by atoms with Gasteiger partial charge in [-0.15, -0.1) is 0 Å². The van der Waals surface area contributed by atoms with E-state index in [2.05, 4.69) is 52.5 Å². The normalized spacial score (nSPS) is 16.4. The molecule has 0 amide bonds. The summed E-state index contributed by atoms with van der Waals surface area (Å²) in [5, 5.41) is 0. The second kappa shape index (κ2) is 4.07. The van der Waals surface area contributed by atoms with Gasteiger partial charge in [0.05, 0.1) is 11.0 Å². The fourth-order valence-electron chi connectivity index (χ4n) is 2.39. The fraction of sp³-hybridized carbons (Fsp3) is 0.500. The third kappa shape index (κ3) is 2.31. The Kier molecular flexibility index (Phi) is 2.75. The molecule has 1 heterocycles. The smallest absolute Gasteiger partial charge is 0.111 e. The molecular weight excluding hydrogens is 290 g/mol. The Hall–Kier alpha value is -0.870. The predicted molar refractivity (Wildman–Crippen MR) is 77.7 cm³/mol. The van der Waals surface area contributed by atoms with Crippen LogP contribution >= 0.6 is 15.9 Å². The van der Waals surface area contributed by atoms with Gasteiger partial charge in [-0.2, -0.15) is 0 Å². The Labute approximate surface area is 116 Å². The highest BCUT2D eigenvalue weighted by molar-refractivity contribution is 9.10. The molecule has 0 spiro atoms. The molecule has 0 unspecified atom stereocenters. The van der Waals surface area contributed by atoms with Crippen LogP contribution in [0.25, 0.3) is 11.0 Å². The minimum atomic E-state index is -0.217. The lowest BCUT2D eigenvalue weighted by molar-refractivity contribution is 0.488. The van der Waals surface area contributed by atoms with Crippen LogP contribution in [0.4, 0.5) is 0 Å². The monoisotopic (exact) mass is 307 g/mol. The van der Waals surface area contributed by atoms with E-state index in [-0.39, 0.29) is 5.54 Å². The molecule has 0 saturated heterocycles. The molecule has 1 aliphatic carbocycles. The zero-order chi connectivity index (χ0) is 12.9. The maximum Gasteiger partial charge on any atom is 0.111 e. The van der Waals surface area contributed by atoms with Gasteiger partial charge in [-0.1, -0.05) is 15.9 Å². The number of halogens is 1. The van der Waals surface area contributed by atoms with E-state index in [0.29, 0.717) is 6.04 Å². The molecule has 0 atom stereocenters. The Morgan fingerprint density at radius 1 is 1.44 bits per heavy atom. The first kappa shape index (κ1) is 12.2. The van der Waals surface area contributed by atoms with Crippen molar-refractivity contribution in [3.05, 3.63) is 28.5 Å². The van der Waals surface area contributed by atoms with Gasteiger partial charge in [-0.3, -0.25) is 0 Å². The first-order chi connectivity index (χ1) is 8.44. The largest absolute Gasteiger partial charge is 0.325 e. The van der Waals surface area contributed by atoms with Crippen molar-refractivity contribution in [2.45, 2.75) is 44.7 Å². The van der Waals surface area contributed by atoms with Gasteiger partial charge in [0.25, 0.3) is 0 Å². The van der Waals surface area contributed by atoms with Gasteiger partial charge in [-0.25, -0.2) is 4.98 Å². The topological polar surface area (TPSA) is 43.8 Å². The van der Waals surface area contributed by atoms with Crippen LogP contribution in [0.15, 0.2) is 22.7 Å². The lowest BCUT2D eigenvalue weighted by atomic mass is 10.0. The highest BCUT2D eigenvalue weighted by atomic mass is 79.9.